The third-order valence-electron chi connectivity index (χ3n) is 1.14. The van der Waals surface area contributed by atoms with Gasteiger partial charge in [-0.1, -0.05) is 0 Å². The van der Waals surface area contributed by atoms with E-state index in [0.717, 1.165) is 0 Å². The molecule has 0 spiro atoms. The minimum Gasteiger partial charge on any atom is -0.480 e. The first-order valence-electron chi connectivity index (χ1n) is 3.42. The van der Waals surface area contributed by atoms with Gasteiger partial charge >= 0.3 is 12.3 Å². The van der Waals surface area contributed by atoms with Gasteiger partial charge in [-0.15, -0.1) is 13.2 Å². The van der Waals surface area contributed by atoms with E-state index in [4.69, 9.17) is 5.11 Å². The van der Waals surface area contributed by atoms with Gasteiger partial charge in [0.15, 0.2) is 0 Å². The van der Waals surface area contributed by atoms with Crippen molar-refractivity contribution in [2.75, 3.05) is 26.7 Å². The van der Waals surface area contributed by atoms with Gasteiger partial charge in [-0.2, -0.15) is 0 Å². The Bertz CT molecular complexity index is 171. The van der Waals surface area contributed by atoms with Crippen molar-refractivity contribution < 1.29 is 27.8 Å². The summed E-state index contributed by atoms with van der Waals surface area (Å²) in [4.78, 5) is 11.3. The molecule has 0 aliphatic carbocycles. The smallest absolute Gasteiger partial charge is 0.480 e. The maximum atomic E-state index is 11.4. The van der Waals surface area contributed by atoms with E-state index in [-0.39, 0.29) is 13.1 Å². The van der Waals surface area contributed by atoms with Crippen LogP contribution in [0.4, 0.5) is 13.2 Å². The van der Waals surface area contributed by atoms with Crippen LogP contribution in [0.2, 0.25) is 0 Å². The van der Waals surface area contributed by atoms with Crippen molar-refractivity contribution in [3.63, 3.8) is 0 Å². The maximum absolute atomic E-state index is 11.4. The second-order valence-electron chi connectivity index (χ2n) is 2.43. The number of carboxylic acids is 1. The van der Waals surface area contributed by atoms with Gasteiger partial charge in [0.1, 0.15) is 0 Å². The molecule has 0 saturated carbocycles. The first-order valence-corrected chi connectivity index (χ1v) is 3.42. The summed E-state index contributed by atoms with van der Waals surface area (Å²) < 4.78 is 37.7. The minimum atomic E-state index is -4.65. The van der Waals surface area contributed by atoms with Crippen molar-refractivity contribution in [2.24, 2.45) is 0 Å². The number of carboxylic acid groups (broad SMARTS) is 1. The van der Waals surface area contributed by atoms with Gasteiger partial charge in [-0.25, -0.2) is 0 Å². The molecule has 0 unspecified atom stereocenters. The molecule has 0 radical (unpaired) electrons. The van der Waals surface area contributed by atoms with Crippen LogP contribution in [0, 0.1) is 0 Å². The highest BCUT2D eigenvalue weighted by atomic mass is 19.4. The summed E-state index contributed by atoms with van der Waals surface area (Å²) in [6, 6.07) is 0. The molecule has 7 heteroatoms. The van der Waals surface area contributed by atoms with Crippen molar-refractivity contribution in [3.05, 3.63) is 0 Å². The first kappa shape index (κ1) is 12.2. The number of halogens is 3. The zero-order chi connectivity index (χ0) is 10.5. The fourth-order valence-corrected chi connectivity index (χ4v) is 0.627. The van der Waals surface area contributed by atoms with Crippen LogP contribution in [0.5, 0.6) is 0 Å². The topological polar surface area (TPSA) is 49.8 Å². The number of ether oxygens (including phenoxy) is 1. The summed E-state index contributed by atoms with van der Waals surface area (Å²) in [6.07, 6.45) is -4.65. The molecule has 0 rings (SSSR count). The molecule has 1 N–H and O–H groups in total. The molecule has 0 fully saturated rings. The average Bonchev–Trinajstić information content (AvgIpc) is 1.81. The molecule has 0 aromatic rings. The number of carbonyl (C=O) groups is 1. The summed E-state index contributed by atoms with van der Waals surface area (Å²) in [5.41, 5.74) is 0. The van der Waals surface area contributed by atoms with E-state index in [1.807, 2.05) is 0 Å². The quantitative estimate of drug-likeness (QED) is 0.705. The summed E-state index contributed by atoms with van der Waals surface area (Å²) in [6.45, 7) is -0.944. The molecule has 0 heterocycles. The SMILES string of the molecule is CN(CCOC(F)(F)F)CC(=O)O. The Morgan fingerprint density at radius 3 is 2.46 bits per heavy atom. The lowest BCUT2D eigenvalue weighted by Crippen LogP contribution is -2.30. The molecular formula is C6H10F3NO3. The number of hydrogen-bond acceptors (Lipinski definition) is 3. The number of alkyl halides is 3. The monoisotopic (exact) mass is 201 g/mol. The molecule has 13 heavy (non-hydrogen) atoms. The number of rotatable bonds is 5. The van der Waals surface area contributed by atoms with Crippen LogP contribution in [-0.2, 0) is 9.53 Å². The highest BCUT2D eigenvalue weighted by Crippen LogP contribution is 2.15. The van der Waals surface area contributed by atoms with Crippen LogP contribution < -0.4 is 0 Å². The number of aliphatic carboxylic acids is 1. The van der Waals surface area contributed by atoms with Gasteiger partial charge in [0, 0.05) is 6.54 Å². The highest BCUT2D eigenvalue weighted by Gasteiger charge is 2.28. The van der Waals surface area contributed by atoms with Gasteiger partial charge in [0.25, 0.3) is 0 Å². The van der Waals surface area contributed by atoms with E-state index in [2.05, 4.69) is 4.74 Å². The van der Waals surface area contributed by atoms with E-state index >= 15 is 0 Å². The molecule has 0 saturated heterocycles. The zero-order valence-electron chi connectivity index (χ0n) is 6.97. The molecule has 0 aromatic heterocycles. The predicted molar refractivity (Wildman–Crippen MR) is 37.1 cm³/mol. The van der Waals surface area contributed by atoms with E-state index in [0.29, 0.717) is 0 Å². The third kappa shape index (κ3) is 9.09. The Balaban J connectivity index is 3.48. The van der Waals surface area contributed by atoms with Crippen LogP contribution in [0.15, 0.2) is 0 Å². The van der Waals surface area contributed by atoms with Crippen molar-refractivity contribution in [1.29, 1.82) is 0 Å². The summed E-state index contributed by atoms with van der Waals surface area (Å²) in [7, 11) is 1.40. The molecule has 0 aliphatic rings. The molecule has 0 atom stereocenters. The van der Waals surface area contributed by atoms with E-state index in [1.165, 1.54) is 11.9 Å². The molecule has 0 bridgehead atoms. The fourth-order valence-electron chi connectivity index (χ4n) is 0.627. The van der Waals surface area contributed by atoms with Crippen LogP contribution in [0.25, 0.3) is 0 Å². The van der Waals surface area contributed by atoms with E-state index < -0.39 is 18.9 Å². The summed E-state index contributed by atoms with van der Waals surface area (Å²) >= 11 is 0. The number of likely N-dealkylation sites (N-methyl/N-ethyl adjacent to an activating group) is 1. The Kier molecular flexibility index (Phi) is 4.71. The van der Waals surface area contributed by atoms with Crippen molar-refractivity contribution in [1.82, 2.24) is 4.90 Å². The molecule has 0 aliphatic heterocycles. The fraction of sp³-hybridized carbons (Fsp3) is 0.833. The first-order chi connectivity index (χ1) is 5.81. The highest BCUT2D eigenvalue weighted by molar-refractivity contribution is 5.68. The zero-order valence-corrected chi connectivity index (χ0v) is 6.97. The lowest BCUT2D eigenvalue weighted by molar-refractivity contribution is -0.324. The lowest BCUT2D eigenvalue weighted by Gasteiger charge is -2.14. The van der Waals surface area contributed by atoms with Gasteiger partial charge in [0.2, 0.25) is 0 Å². The van der Waals surface area contributed by atoms with Gasteiger partial charge in [0.05, 0.1) is 13.2 Å². The summed E-state index contributed by atoms with van der Waals surface area (Å²) in [5.74, 6) is -1.09. The van der Waals surface area contributed by atoms with Gasteiger partial charge in [-0.05, 0) is 7.05 Å². The molecule has 4 nitrogen and oxygen atoms in total. The minimum absolute atomic E-state index is 0.0776. The molecule has 0 aromatic carbocycles. The predicted octanol–water partition coefficient (Wildman–Crippen LogP) is 0.539. The van der Waals surface area contributed by atoms with Gasteiger partial charge < -0.3 is 5.11 Å². The largest absolute Gasteiger partial charge is 0.522 e. The second kappa shape index (κ2) is 5.03. The lowest BCUT2D eigenvalue weighted by atomic mass is 10.5. The molecule has 78 valence electrons. The average molecular weight is 201 g/mol. The van der Waals surface area contributed by atoms with Crippen LogP contribution in [0.3, 0.4) is 0 Å². The van der Waals surface area contributed by atoms with E-state index in [9.17, 15) is 18.0 Å². The van der Waals surface area contributed by atoms with Gasteiger partial charge in [-0.3, -0.25) is 14.4 Å². The Hall–Kier alpha value is -0.820. The third-order valence-corrected chi connectivity index (χ3v) is 1.14. The Morgan fingerprint density at radius 2 is 2.08 bits per heavy atom. The molecule has 0 amide bonds. The van der Waals surface area contributed by atoms with Crippen LogP contribution in [-0.4, -0.2) is 49.1 Å². The second-order valence-corrected chi connectivity index (χ2v) is 2.43. The molecular weight excluding hydrogens is 191 g/mol. The Morgan fingerprint density at radius 1 is 1.54 bits per heavy atom. The maximum Gasteiger partial charge on any atom is 0.522 e. The number of hydrogen-bond donors (Lipinski definition) is 1. The van der Waals surface area contributed by atoms with Crippen molar-refractivity contribution in [2.45, 2.75) is 6.36 Å². The standard InChI is InChI=1S/C6H10F3NO3/c1-10(4-5(11)12)2-3-13-6(7,8)9/h2-4H2,1H3,(H,11,12). The van der Waals surface area contributed by atoms with Crippen molar-refractivity contribution >= 4 is 5.97 Å². The number of nitrogens with zero attached hydrogens (tertiary/aromatic N) is 1. The van der Waals surface area contributed by atoms with Crippen molar-refractivity contribution in [3.8, 4) is 0 Å². The van der Waals surface area contributed by atoms with Crippen LogP contribution in [0.1, 0.15) is 0 Å². The normalized spacial score (nSPS) is 12.1. The van der Waals surface area contributed by atoms with Crippen LogP contribution >= 0.6 is 0 Å². The summed E-state index contributed by atoms with van der Waals surface area (Å²) in [5, 5.41) is 8.24. The Labute approximate surface area is 72.9 Å². The van der Waals surface area contributed by atoms with E-state index in [1.54, 1.807) is 0 Å².